The van der Waals surface area contributed by atoms with E-state index in [1.807, 2.05) is 4.90 Å². The molecule has 0 aliphatic carbocycles. The van der Waals surface area contributed by atoms with Crippen LogP contribution in [0, 0.1) is 11.6 Å². The molecule has 1 aliphatic rings. The molecule has 0 spiro atoms. The molecule has 0 unspecified atom stereocenters. The minimum Gasteiger partial charge on any atom is -0.503 e. The van der Waals surface area contributed by atoms with Gasteiger partial charge in [-0.05, 0) is 6.07 Å². The van der Waals surface area contributed by atoms with Crippen LogP contribution in [0.1, 0.15) is 5.56 Å². The Hall–Kier alpha value is -2.95. The van der Waals surface area contributed by atoms with Gasteiger partial charge in [0.05, 0.1) is 24.3 Å². The minimum absolute atomic E-state index is 0.179. The molecule has 1 aliphatic heterocycles. The smallest absolute Gasteiger partial charge is 0.419 e. The first-order chi connectivity index (χ1) is 13.7. The van der Waals surface area contributed by atoms with Crippen molar-refractivity contribution in [3.05, 3.63) is 35.5 Å². The molecular weight excluding hydrogens is 399 g/mol. The lowest BCUT2D eigenvalue weighted by atomic mass is 10.0. The standard InChI is InChI=1S/C18H15F5N4O2/c1-26-12-7-13(27-2-4-29-5-3-27)24-8-10(12)16(25-26)9-6-11(18(21,22)23)15(20)17(28)14(9)19/h6-8,28H,2-5H2,1H3. The molecule has 0 radical (unpaired) electrons. The maximum absolute atomic E-state index is 14.5. The highest BCUT2D eigenvalue weighted by atomic mass is 19.4. The molecule has 1 saturated heterocycles. The summed E-state index contributed by atoms with van der Waals surface area (Å²) < 4.78 is 74.2. The fraction of sp³-hybridized carbons (Fsp3) is 0.333. The van der Waals surface area contributed by atoms with Gasteiger partial charge >= 0.3 is 6.18 Å². The lowest BCUT2D eigenvalue weighted by Gasteiger charge is -2.27. The van der Waals surface area contributed by atoms with E-state index in [9.17, 15) is 27.1 Å². The summed E-state index contributed by atoms with van der Waals surface area (Å²) in [7, 11) is 1.54. The highest BCUT2D eigenvalue weighted by Crippen LogP contribution is 2.41. The van der Waals surface area contributed by atoms with Crippen molar-refractivity contribution in [3.8, 4) is 17.0 Å². The molecule has 0 bridgehead atoms. The third-order valence-corrected chi connectivity index (χ3v) is 4.79. The van der Waals surface area contributed by atoms with E-state index in [0.29, 0.717) is 43.7 Å². The van der Waals surface area contributed by atoms with Gasteiger partial charge in [-0.25, -0.2) is 13.8 Å². The van der Waals surface area contributed by atoms with Crippen molar-refractivity contribution in [2.45, 2.75) is 6.18 Å². The van der Waals surface area contributed by atoms with E-state index >= 15 is 0 Å². The molecule has 11 heteroatoms. The van der Waals surface area contributed by atoms with Gasteiger partial charge < -0.3 is 14.7 Å². The molecule has 1 fully saturated rings. The number of pyridine rings is 1. The predicted molar refractivity (Wildman–Crippen MR) is 93.6 cm³/mol. The molecular formula is C18H15F5N4O2. The molecule has 154 valence electrons. The average Bonchev–Trinajstić information content (AvgIpc) is 3.02. The fourth-order valence-electron chi connectivity index (χ4n) is 3.31. The molecule has 0 saturated carbocycles. The normalized spacial score (nSPS) is 15.3. The number of aryl methyl sites for hydroxylation is 1. The summed E-state index contributed by atoms with van der Waals surface area (Å²) >= 11 is 0. The first-order valence-corrected chi connectivity index (χ1v) is 8.62. The number of hydrogen-bond donors (Lipinski definition) is 1. The summed E-state index contributed by atoms with van der Waals surface area (Å²) in [5.41, 5.74) is -2.12. The number of hydrogen-bond acceptors (Lipinski definition) is 5. The van der Waals surface area contributed by atoms with Crippen molar-refractivity contribution < 1.29 is 31.8 Å². The predicted octanol–water partition coefficient (Wildman–Crippen LogP) is 3.47. The number of anilines is 1. The number of phenols is 1. The van der Waals surface area contributed by atoms with Gasteiger partial charge in [0.15, 0.2) is 17.4 Å². The maximum atomic E-state index is 14.5. The number of fused-ring (bicyclic) bond motifs is 1. The fourth-order valence-corrected chi connectivity index (χ4v) is 3.31. The topological polar surface area (TPSA) is 63.4 Å². The Balaban J connectivity index is 1.88. The Bertz CT molecular complexity index is 1090. The zero-order valence-corrected chi connectivity index (χ0v) is 15.1. The quantitative estimate of drug-likeness (QED) is 0.651. The highest BCUT2D eigenvalue weighted by Gasteiger charge is 2.38. The Morgan fingerprint density at radius 2 is 1.79 bits per heavy atom. The summed E-state index contributed by atoms with van der Waals surface area (Å²) in [6.07, 6.45) is -3.74. The van der Waals surface area contributed by atoms with E-state index in [1.165, 1.54) is 10.9 Å². The summed E-state index contributed by atoms with van der Waals surface area (Å²) in [5, 5.41) is 13.9. The van der Waals surface area contributed by atoms with Crippen LogP contribution in [0.3, 0.4) is 0 Å². The third kappa shape index (κ3) is 3.24. The SMILES string of the molecule is Cn1nc(-c2cc(C(F)(F)F)c(F)c(O)c2F)c2cnc(N3CCOCC3)cc21. The molecule has 2 aromatic heterocycles. The number of morpholine rings is 1. The summed E-state index contributed by atoms with van der Waals surface area (Å²) in [6, 6.07) is 1.99. The zero-order chi connectivity index (χ0) is 20.9. The van der Waals surface area contributed by atoms with Crippen LogP contribution in [-0.4, -0.2) is 46.2 Å². The van der Waals surface area contributed by atoms with Crippen LogP contribution in [0.25, 0.3) is 22.2 Å². The third-order valence-electron chi connectivity index (χ3n) is 4.79. The van der Waals surface area contributed by atoms with Crippen LogP contribution in [0.5, 0.6) is 5.75 Å². The molecule has 1 aromatic carbocycles. The average molecular weight is 414 g/mol. The highest BCUT2D eigenvalue weighted by molar-refractivity contribution is 5.94. The lowest BCUT2D eigenvalue weighted by Crippen LogP contribution is -2.36. The number of aromatic nitrogens is 3. The Morgan fingerprint density at radius 3 is 2.45 bits per heavy atom. The molecule has 0 atom stereocenters. The van der Waals surface area contributed by atoms with Gasteiger partial charge in [-0.3, -0.25) is 4.68 Å². The molecule has 3 heterocycles. The second-order valence-electron chi connectivity index (χ2n) is 6.58. The second-order valence-corrected chi connectivity index (χ2v) is 6.58. The zero-order valence-electron chi connectivity index (χ0n) is 15.1. The second kappa shape index (κ2) is 6.83. The first kappa shape index (κ1) is 19.4. The summed E-state index contributed by atoms with van der Waals surface area (Å²) in [6.45, 7) is 2.32. The van der Waals surface area contributed by atoms with Crippen LogP contribution in [-0.2, 0) is 18.0 Å². The van der Waals surface area contributed by atoms with Gasteiger partial charge in [0.1, 0.15) is 11.5 Å². The van der Waals surface area contributed by atoms with Gasteiger partial charge in [0.25, 0.3) is 0 Å². The van der Waals surface area contributed by atoms with E-state index in [2.05, 4.69) is 10.1 Å². The van der Waals surface area contributed by atoms with Gasteiger partial charge in [-0.1, -0.05) is 0 Å². The van der Waals surface area contributed by atoms with Crippen molar-refractivity contribution in [2.75, 3.05) is 31.2 Å². The Morgan fingerprint density at radius 1 is 1.10 bits per heavy atom. The number of benzene rings is 1. The van der Waals surface area contributed by atoms with Crippen LogP contribution >= 0.6 is 0 Å². The molecule has 6 nitrogen and oxygen atoms in total. The first-order valence-electron chi connectivity index (χ1n) is 8.62. The summed E-state index contributed by atoms with van der Waals surface area (Å²) in [5.74, 6) is -4.67. The molecule has 4 rings (SSSR count). The summed E-state index contributed by atoms with van der Waals surface area (Å²) in [4.78, 5) is 6.28. The number of ether oxygens (including phenoxy) is 1. The monoisotopic (exact) mass is 414 g/mol. The Labute approximate surface area is 161 Å². The largest absolute Gasteiger partial charge is 0.503 e. The molecule has 1 N–H and O–H groups in total. The number of phenolic OH excluding ortho intramolecular Hbond substituents is 1. The van der Waals surface area contributed by atoms with Gasteiger partial charge in [-0.2, -0.15) is 18.3 Å². The van der Waals surface area contributed by atoms with Crippen molar-refractivity contribution in [1.82, 2.24) is 14.8 Å². The lowest BCUT2D eigenvalue weighted by molar-refractivity contribution is -0.140. The van der Waals surface area contributed by atoms with Crippen molar-refractivity contribution in [1.29, 1.82) is 0 Å². The molecule has 29 heavy (non-hydrogen) atoms. The number of halogens is 5. The van der Waals surface area contributed by atoms with Gasteiger partial charge in [0.2, 0.25) is 0 Å². The number of nitrogens with zero attached hydrogens (tertiary/aromatic N) is 4. The van der Waals surface area contributed by atoms with E-state index in [4.69, 9.17) is 4.74 Å². The maximum Gasteiger partial charge on any atom is 0.419 e. The van der Waals surface area contributed by atoms with E-state index in [0.717, 1.165) is 0 Å². The minimum atomic E-state index is -5.11. The number of rotatable bonds is 2. The van der Waals surface area contributed by atoms with E-state index in [-0.39, 0.29) is 11.1 Å². The van der Waals surface area contributed by atoms with Crippen LogP contribution < -0.4 is 4.90 Å². The molecule has 0 amide bonds. The van der Waals surface area contributed by atoms with Gasteiger partial charge in [0, 0.05) is 43.4 Å². The van der Waals surface area contributed by atoms with Crippen molar-refractivity contribution in [3.63, 3.8) is 0 Å². The van der Waals surface area contributed by atoms with E-state index < -0.39 is 34.7 Å². The van der Waals surface area contributed by atoms with E-state index in [1.54, 1.807) is 13.1 Å². The van der Waals surface area contributed by atoms with Crippen LogP contribution in [0.4, 0.5) is 27.8 Å². The van der Waals surface area contributed by atoms with Crippen molar-refractivity contribution >= 4 is 16.7 Å². The van der Waals surface area contributed by atoms with Gasteiger partial charge in [-0.15, -0.1) is 0 Å². The van der Waals surface area contributed by atoms with Crippen LogP contribution in [0.15, 0.2) is 18.3 Å². The molecule has 3 aromatic rings. The number of aromatic hydroxyl groups is 1. The Kier molecular flexibility index (Phi) is 4.56. The van der Waals surface area contributed by atoms with Crippen LogP contribution in [0.2, 0.25) is 0 Å². The number of alkyl halides is 3. The van der Waals surface area contributed by atoms with Crippen molar-refractivity contribution in [2.24, 2.45) is 7.05 Å².